The Labute approximate surface area is 97.5 Å². The van der Waals surface area contributed by atoms with Crippen molar-refractivity contribution < 1.29 is 14.3 Å². The van der Waals surface area contributed by atoms with Crippen LogP contribution in [0.4, 0.5) is 0 Å². The van der Waals surface area contributed by atoms with Crippen molar-refractivity contribution >= 4 is 21.9 Å². The van der Waals surface area contributed by atoms with Crippen molar-refractivity contribution in [2.24, 2.45) is 0 Å². The van der Waals surface area contributed by atoms with E-state index in [1.807, 2.05) is 6.92 Å². The molecule has 1 aromatic carbocycles. The van der Waals surface area contributed by atoms with Crippen LogP contribution in [0, 0.1) is 0 Å². The number of hydrogen-bond donors (Lipinski definition) is 0. The lowest BCUT2D eigenvalue weighted by molar-refractivity contribution is 0.0526. The number of halogens is 1. The molecule has 1 aromatic rings. The van der Waals surface area contributed by atoms with Crippen molar-refractivity contribution in [3.8, 4) is 5.75 Å². The summed E-state index contributed by atoms with van der Waals surface area (Å²) in [5.41, 5.74) is 0.534. The predicted molar refractivity (Wildman–Crippen MR) is 61.4 cm³/mol. The van der Waals surface area contributed by atoms with Crippen LogP contribution in [0.3, 0.4) is 0 Å². The Kier molecular flexibility index (Phi) is 4.62. The summed E-state index contributed by atoms with van der Waals surface area (Å²) in [4.78, 5) is 11.3. The summed E-state index contributed by atoms with van der Waals surface area (Å²) in [6.07, 6.45) is 0. The van der Waals surface area contributed by atoms with Gasteiger partial charge in [-0.25, -0.2) is 4.79 Å². The Balaban J connectivity index is 2.67. The highest BCUT2D eigenvalue weighted by molar-refractivity contribution is 9.09. The molecular formula is C11H13BrO3. The number of esters is 1. The van der Waals surface area contributed by atoms with Gasteiger partial charge < -0.3 is 9.47 Å². The van der Waals surface area contributed by atoms with Gasteiger partial charge in [-0.15, -0.1) is 0 Å². The Morgan fingerprint density at radius 3 is 2.47 bits per heavy atom. The molecule has 0 fully saturated rings. The zero-order chi connectivity index (χ0) is 11.3. The van der Waals surface area contributed by atoms with E-state index in [4.69, 9.17) is 9.47 Å². The van der Waals surface area contributed by atoms with Gasteiger partial charge in [-0.3, -0.25) is 0 Å². The largest absolute Gasteiger partial charge is 0.480 e. The van der Waals surface area contributed by atoms with Crippen molar-refractivity contribution in [3.05, 3.63) is 29.8 Å². The second kappa shape index (κ2) is 5.75. The van der Waals surface area contributed by atoms with Crippen LogP contribution in [0.5, 0.6) is 5.75 Å². The molecule has 0 saturated heterocycles. The average Bonchev–Trinajstić information content (AvgIpc) is 2.18. The minimum atomic E-state index is -0.309. The normalized spacial score (nSPS) is 11.9. The van der Waals surface area contributed by atoms with Gasteiger partial charge in [0.1, 0.15) is 5.75 Å². The molecule has 0 aliphatic carbocycles. The third kappa shape index (κ3) is 3.91. The molecule has 0 aliphatic rings. The van der Waals surface area contributed by atoms with E-state index in [0.29, 0.717) is 17.9 Å². The number of rotatable bonds is 4. The molecule has 82 valence electrons. The third-order valence-electron chi connectivity index (χ3n) is 1.66. The van der Waals surface area contributed by atoms with Gasteiger partial charge in [0, 0.05) is 0 Å². The number of carbonyl (C=O) groups excluding carboxylic acids is 1. The molecule has 0 radical (unpaired) electrons. The molecule has 1 rings (SSSR count). The number of hydrogen-bond acceptors (Lipinski definition) is 3. The predicted octanol–water partition coefficient (Wildman–Crippen LogP) is 2.98. The molecule has 4 heteroatoms. The minimum absolute atomic E-state index is 0.0501. The van der Waals surface area contributed by atoms with Crippen molar-refractivity contribution in [1.29, 1.82) is 0 Å². The van der Waals surface area contributed by atoms with E-state index in [2.05, 4.69) is 15.9 Å². The highest BCUT2D eigenvalue weighted by atomic mass is 79.9. The zero-order valence-corrected chi connectivity index (χ0v) is 10.3. The van der Waals surface area contributed by atoms with E-state index in [1.165, 1.54) is 0 Å². The molecule has 15 heavy (non-hydrogen) atoms. The highest BCUT2D eigenvalue weighted by Gasteiger charge is 2.06. The van der Waals surface area contributed by atoms with Gasteiger partial charge in [0.05, 0.1) is 12.2 Å². The fraction of sp³-hybridized carbons (Fsp3) is 0.364. The summed E-state index contributed by atoms with van der Waals surface area (Å²) >= 11 is 3.27. The first-order chi connectivity index (χ1) is 7.13. The summed E-state index contributed by atoms with van der Waals surface area (Å²) in [5, 5.41) is -0.0501. The van der Waals surface area contributed by atoms with Gasteiger partial charge in [-0.05, 0) is 54.0 Å². The van der Waals surface area contributed by atoms with Crippen LogP contribution in [0.1, 0.15) is 24.2 Å². The summed E-state index contributed by atoms with van der Waals surface area (Å²) < 4.78 is 10.2. The molecular weight excluding hydrogens is 260 g/mol. The Morgan fingerprint density at radius 2 is 2.00 bits per heavy atom. The first-order valence-corrected chi connectivity index (χ1v) is 5.63. The Morgan fingerprint density at radius 1 is 1.40 bits per heavy atom. The highest BCUT2D eigenvalue weighted by Crippen LogP contribution is 2.16. The van der Waals surface area contributed by atoms with Crippen LogP contribution in [-0.4, -0.2) is 17.6 Å². The van der Waals surface area contributed by atoms with Crippen LogP contribution in [0.15, 0.2) is 24.3 Å². The fourth-order valence-corrected chi connectivity index (χ4v) is 1.29. The van der Waals surface area contributed by atoms with E-state index in [-0.39, 0.29) is 11.0 Å². The molecule has 0 saturated carbocycles. The van der Waals surface area contributed by atoms with Gasteiger partial charge in [0.2, 0.25) is 0 Å². The Hall–Kier alpha value is -1.03. The molecule has 0 aromatic heterocycles. The van der Waals surface area contributed by atoms with Gasteiger partial charge in [-0.2, -0.15) is 0 Å². The smallest absolute Gasteiger partial charge is 0.338 e. The van der Waals surface area contributed by atoms with Crippen LogP contribution >= 0.6 is 15.9 Å². The maximum Gasteiger partial charge on any atom is 0.338 e. The minimum Gasteiger partial charge on any atom is -0.480 e. The fourth-order valence-electron chi connectivity index (χ4n) is 1.07. The summed E-state index contributed by atoms with van der Waals surface area (Å²) in [6, 6.07) is 6.85. The third-order valence-corrected chi connectivity index (χ3v) is 1.85. The molecule has 0 aliphatic heterocycles. The molecule has 0 heterocycles. The standard InChI is InChI=1S/C11H13BrO3/c1-3-14-11(13)9-4-6-10(7-5-9)15-8(2)12/h4-8H,3H2,1-2H3. The van der Waals surface area contributed by atoms with E-state index in [0.717, 1.165) is 0 Å². The maximum absolute atomic E-state index is 11.3. The molecule has 0 spiro atoms. The number of ether oxygens (including phenoxy) is 2. The van der Waals surface area contributed by atoms with Gasteiger partial charge in [-0.1, -0.05) is 0 Å². The van der Waals surface area contributed by atoms with E-state index in [9.17, 15) is 4.79 Å². The molecule has 1 atom stereocenters. The molecule has 0 N–H and O–H groups in total. The van der Waals surface area contributed by atoms with Crippen LogP contribution in [-0.2, 0) is 4.74 Å². The maximum atomic E-state index is 11.3. The first kappa shape index (κ1) is 12.0. The lowest BCUT2D eigenvalue weighted by Crippen LogP contribution is -2.05. The van der Waals surface area contributed by atoms with Gasteiger partial charge in [0.25, 0.3) is 0 Å². The lowest BCUT2D eigenvalue weighted by atomic mass is 10.2. The monoisotopic (exact) mass is 272 g/mol. The van der Waals surface area contributed by atoms with Crippen LogP contribution in [0.2, 0.25) is 0 Å². The van der Waals surface area contributed by atoms with Crippen molar-refractivity contribution in [1.82, 2.24) is 0 Å². The van der Waals surface area contributed by atoms with Crippen LogP contribution in [0.25, 0.3) is 0 Å². The number of benzene rings is 1. The van der Waals surface area contributed by atoms with Crippen molar-refractivity contribution in [2.45, 2.75) is 18.9 Å². The topological polar surface area (TPSA) is 35.5 Å². The quantitative estimate of drug-likeness (QED) is 0.625. The second-order valence-corrected chi connectivity index (χ2v) is 4.20. The van der Waals surface area contributed by atoms with Gasteiger partial charge in [0.15, 0.2) is 5.01 Å². The van der Waals surface area contributed by atoms with Crippen molar-refractivity contribution in [3.63, 3.8) is 0 Å². The summed E-state index contributed by atoms with van der Waals surface area (Å²) in [6.45, 7) is 4.04. The van der Waals surface area contributed by atoms with E-state index in [1.54, 1.807) is 31.2 Å². The zero-order valence-electron chi connectivity index (χ0n) is 8.70. The molecule has 3 nitrogen and oxygen atoms in total. The van der Waals surface area contributed by atoms with Crippen LogP contribution < -0.4 is 4.74 Å². The molecule has 1 unspecified atom stereocenters. The van der Waals surface area contributed by atoms with Gasteiger partial charge >= 0.3 is 5.97 Å². The summed E-state index contributed by atoms with van der Waals surface area (Å²) in [5.74, 6) is 0.406. The number of carbonyl (C=O) groups is 1. The van der Waals surface area contributed by atoms with Crippen molar-refractivity contribution in [2.75, 3.05) is 6.61 Å². The lowest BCUT2D eigenvalue weighted by Gasteiger charge is -2.08. The van der Waals surface area contributed by atoms with E-state index < -0.39 is 0 Å². The number of alkyl halides is 1. The average molecular weight is 273 g/mol. The molecule has 0 bridgehead atoms. The summed E-state index contributed by atoms with van der Waals surface area (Å²) in [7, 11) is 0. The molecule has 0 amide bonds. The first-order valence-electron chi connectivity index (χ1n) is 4.71. The van der Waals surface area contributed by atoms with E-state index >= 15 is 0 Å². The Bertz CT molecular complexity index is 319. The SMILES string of the molecule is CCOC(=O)c1ccc(OC(C)Br)cc1. The second-order valence-electron chi connectivity index (χ2n) is 2.91.